The number of aliphatic hydroxyl groups is 1. The van der Waals surface area contributed by atoms with E-state index >= 15 is 0 Å². The Balaban J connectivity index is 2.09. The third-order valence-electron chi connectivity index (χ3n) is 2.97. The van der Waals surface area contributed by atoms with Gasteiger partial charge in [-0.05, 0) is 31.4 Å². The number of hydrogen-bond acceptors (Lipinski definition) is 2. The molecule has 1 aliphatic carbocycles. The van der Waals surface area contributed by atoms with Crippen molar-refractivity contribution in [1.82, 2.24) is 5.32 Å². The van der Waals surface area contributed by atoms with Crippen LogP contribution in [0.2, 0.25) is 0 Å². The zero-order valence-electron chi connectivity index (χ0n) is 9.12. The second-order valence-electron chi connectivity index (χ2n) is 4.20. The monoisotopic (exact) mass is 241 g/mol. The first-order chi connectivity index (χ1) is 8.08. The largest absolute Gasteiger partial charge is 0.391 e. The molecule has 0 unspecified atom stereocenters. The van der Waals surface area contributed by atoms with Crippen molar-refractivity contribution in [2.45, 2.75) is 31.4 Å². The molecule has 1 aromatic carbocycles. The van der Waals surface area contributed by atoms with Crippen LogP contribution < -0.4 is 5.32 Å². The Bertz CT molecular complexity index is 437. The summed E-state index contributed by atoms with van der Waals surface area (Å²) < 4.78 is 26.0. The lowest BCUT2D eigenvalue weighted by Crippen LogP contribution is -2.40. The summed E-state index contributed by atoms with van der Waals surface area (Å²) in [5, 5.41) is 12.1. The highest BCUT2D eigenvalue weighted by Crippen LogP contribution is 2.19. The summed E-state index contributed by atoms with van der Waals surface area (Å²) in [6.07, 6.45) is 1.56. The summed E-state index contributed by atoms with van der Waals surface area (Å²) in [6, 6.07) is 2.46. The molecule has 0 heterocycles. The Hall–Kier alpha value is -1.49. The molecule has 1 aromatic rings. The molecule has 1 fully saturated rings. The summed E-state index contributed by atoms with van der Waals surface area (Å²) in [7, 11) is 0. The first-order valence-corrected chi connectivity index (χ1v) is 5.52. The molecule has 0 aliphatic heterocycles. The van der Waals surface area contributed by atoms with E-state index in [1.165, 1.54) is 0 Å². The summed E-state index contributed by atoms with van der Waals surface area (Å²) in [4.78, 5) is 11.7. The highest BCUT2D eigenvalue weighted by molar-refractivity contribution is 5.94. The van der Waals surface area contributed by atoms with E-state index in [1.807, 2.05) is 0 Å². The van der Waals surface area contributed by atoms with Crippen molar-refractivity contribution in [2.75, 3.05) is 0 Å². The van der Waals surface area contributed by atoms with E-state index in [-0.39, 0.29) is 11.6 Å². The van der Waals surface area contributed by atoms with Crippen molar-refractivity contribution in [1.29, 1.82) is 0 Å². The molecule has 2 atom stereocenters. The van der Waals surface area contributed by atoms with Crippen LogP contribution >= 0.6 is 0 Å². The van der Waals surface area contributed by atoms with Gasteiger partial charge in [0, 0.05) is 6.07 Å². The van der Waals surface area contributed by atoms with Crippen LogP contribution in [0.15, 0.2) is 18.2 Å². The normalized spacial score (nSPS) is 23.7. The van der Waals surface area contributed by atoms with Crippen LogP contribution in [0.1, 0.15) is 29.6 Å². The van der Waals surface area contributed by atoms with E-state index in [4.69, 9.17) is 0 Å². The average molecular weight is 241 g/mol. The summed E-state index contributed by atoms with van der Waals surface area (Å²) >= 11 is 0. The minimum absolute atomic E-state index is 0.203. The zero-order chi connectivity index (χ0) is 12.4. The van der Waals surface area contributed by atoms with Gasteiger partial charge in [-0.1, -0.05) is 0 Å². The number of rotatable bonds is 2. The SMILES string of the molecule is O=C(N[C@H]1CCC[C@H]1O)c1ccc(F)cc1F. The molecular weight excluding hydrogens is 228 g/mol. The zero-order valence-corrected chi connectivity index (χ0v) is 9.12. The number of benzene rings is 1. The van der Waals surface area contributed by atoms with Gasteiger partial charge < -0.3 is 10.4 Å². The van der Waals surface area contributed by atoms with Crippen LogP contribution in [0.4, 0.5) is 8.78 Å². The van der Waals surface area contributed by atoms with Crippen molar-refractivity contribution < 1.29 is 18.7 Å². The van der Waals surface area contributed by atoms with Gasteiger partial charge >= 0.3 is 0 Å². The van der Waals surface area contributed by atoms with E-state index in [1.54, 1.807) is 0 Å². The third kappa shape index (κ3) is 2.61. The van der Waals surface area contributed by atoms with Crippen LogP contribution in [0.3, 0.4) is 0 Å². The molecule has 3 nitrogen and oxygen atoms in total. The second kappa shape index (κ2) is 4.79. The summed E-state index contributed by atoms with van der Waals surface area (Å²) in [5.74, 6) is -2.23. The predicted octanol–water partition coefficient (Wildman–Crippen LogP) is 1.61. The molecule has 2 N–H and O–H groups in total. The van der Waals surface area contributed by atoms with Gasteiger partial charge in [0.2, 0.25) is 0 Å². The topological polar surface area (TPSA) is 49.3 Å². The maximum atomic E-state index is 13.3. The van der Waals surface area contributed by atoms with Gasteiger partial charge in [0.1, 0.15) is 11.6 Å². The van der Waals surface area contributed by atoms with Crippen LogP contribution in [0, 0.1) is 11.6 Å². The standard InChI is InChI=1S/C12H13F2NO2/c13-7-4-5-8(9(14)6-7)12(17)15-10-2-1-3-11(10)16/h4-6,10-11,16H,1-3H2,(H,15,17)/t10-,11+/m0/s1. The molecule has 92 valence electrons. The fraction of sp³-hybridized carbons (Fsp3) is 0.417. The lowest BCUT2D eigenvalue weighted by Gasteiger charge is -2.16. The molecule has 0 radical (unpaired) electrons. The number of halogens is 2. The Morgan fingerprint density at radius 3 is 2.71 bits per heavy atom. The Kier molecular flexibility index (Phi) is 3.38. The lowest BCUT2D eigenvalue weighted by atomic mass is 10.1. The van der Waals surface area contributed by atoms with Gasteiger partial charge in [0.25, 0.3) is 5.91 Å². The number of carbonyl (C=O) groups is 1. The Morgan fingerprint density at radius 1 is 1.35 bits per heavy atom. The van der Waals surface area contributed by atoms with E-state index in [2.05, 4.69) is 5.32 Å². The maximum absolute atomic E-state index is 13.3. The van der Waals surface area contributed by atoms with Crippen molar-refractivity contribution in [3.8, 4) is 0 Å². The molecule has 1 saturated carbocycles. The van der Waals surface area contributed by atoms with Crippen molar-refractivity contribution in [3.05, 3.63) is 35.4 Å². The fourth-order valence-electron chi connectivity index (χ4n) is 2.03. The third-order valence-corrected chi connectivity index (χ3v) is 2.97. The molecular formula is C12H13F2NO2. The second-order valence-corrected chi connectivity index (χ2v) is 4.20. The predicted molar refractivity (Wildman–Crippen MR) is 57.5 cm³/mol. The van der Waals surface area contributed by atoms with Crippen molar-refractivity contribution in [3.63, 3.8) is 0 Å². The molecule has 5 heteroatoms. The molecule has 0 bridgehead atoms. The molecule has 2 rings (SSSR count). The summed E-state index contributed by atoms with van der Waals surface area (Å²) in [6.45, 7) is 0. The average Bonchev–Trinajstić information content (AvgIpc) is 2.64. The smallest absolute Gasteiger partial charge is 0.254 e. The van der Waals surface area contributed by atoms with Crippen molar-refractivity contribution >= 4 is 5.91 Å². The van der Waals surface area contributed by atoms with Gasteiger partial charge in [-0.15, -0.1) is 0 Å². The highest BCUT2D eigenvalue weighted by Gasteiger charge is 2.27. The molecule has 1 aliphatic rings. The summed E-state index contributed by atoms with van der Waals surface area (Å²) in [5.41, 5.74) is -0.203. The fourth-order valence-corrected chi connectivity index (χ4v) is 2.03. The molecule has 1 amide bonds. The van der Waals surface area contributed by atoms with Gasteiger partial charge in [-0.2, -0.15) is 0 Å². The minimum atomic E-state index is -0.894. The van der Waals surface area contributed by atoms with Crippen LogP contribution in [-0.4, -0.2) is 23.2 Å². The number of carbonyl (C=O) groups excluding carboxylic acids is 1. The van der Waals surface area contributed by atoms with Crippen LogP contribution in [0.25, 0.3) is 0 Å². The van der Waals surface area contributed by atoms with E-state index < -0.39 is 23.6 Å². The van der Waals surface area contributed by atoms with Crippen LogP contribution in [0.5, 0.6) is 0 Å². The molecule has 0 saturated heterocycles. The first kappa shape index (κ1) is 12.0. The number of aliphatic hydroxyl groups excluding tert-OH is 1. The van der Waals surface area contributed by atoms with Gasteiger partial charge in [-0.3, -0.25) is 4.79 Å². The van der Waals surface area contributed by atoms with E-state index in [0.717, 1.165) is 18.6 Å². The van der Waals surface area contributed by atoms with E-state index in [0.29, 0.717) is 18.9 Å². The van der Waals surface area contributed by atoms with Gasteiger partial charge in [-0.25, -0.2) is 8.78 Å². The van der Waals surface area contributed by atoms with Gasteiger partial charge in [0.15, 0.2) is 0 Å². The quantitative estimate of drug-likeness (QED) is 0.826. The molecule has 0 spiro atoms. The molecule has 0 aromatic heterocycles. The highest BCUT2D eigenvalue weighted by atomic mass is 19.1. The van der Waals surface area contributed by atoms with Gasteiger partial charge in [0.05, 0.1) is 17.7 Å². The minimum Gasteiger partial charge on any atom is -0.391 e. The van der Waals surface area contributed by atoms with E-state index in [9.17, 15) is 18.7 Å². The number of hydrogen-bond donors (Lipinski definition) is 2. The van der Waals surface area contributed by atoms with Crippen LogP contribution in [-0.2, 0) is 0 Å². The lowest BCUT2D eigenvalue weighted by molar-refractivity contribution is 0.0869. The first-order valence-electron chi connectivity index (χ1n) is 5.52. The Morgan fingerprint density at radius 2 is 2.12 bits per heavy atom. The number of nitrogens with one attached hydrogen (secondary N) is 1. The number of amides is 1. The van der Waals surface area contributed by atoms with Crippen molar-refractivity contribution in [2.24, 2.45) is 0 Å². The maximum Gasteiger partial charge on any atom is 0.254 e. The Labute approximate surface area is 97.5 Å². The molecule has 17 heavy (non-hydrogen) atoms.